The Labute approximate surface area is 117 Å². The summed E-state index contributed by atoms with van der Waals surface area (Å²) in [6.07, 6.45) is 3.41. The molecule has 20 heavy (non-hydrogen) atoms. The van der Waals surface area contributed by atoms with Crippen molar-refractivity contribution in [3.8, 4) is 5.75 Å². The molecule has 1 saturated carbocycles. The lowest BCUT2D eigenvalue weighted by Gasteiger charge is -2.09. The third kappa shape index (κ3) is 3.17. The number of ether oxygens (including phenoxy) is 2. The van der Waals surface area contributed by atoms with Crippen molar-refractivity contribution in [2.24, 2.45) is 4.99 Å². The third-order valence-corrected chi connectivity index (χ3v) is 2.98. The van der Waals surface area contributed by atoms with Crippen molar-refractivity contribution in [1.29, 1.82) is 0 Å². The van der Waals surface area contributed by atoms with Gasteiger partial charge in [-0.2, -0.15) is 0 Å². The van der Waals surface area contributed by atoms with Gasteiger partial charge in [-0.3, -0.25) is 4.99 Å². The summed E-state index contributed by atoms with van der Waals surface area (Å²) in [4.78, 5) is 16.0. The number of benzene rings is 1. The van der Waals surface area contributed by atoms with E-state index in [0.717, 1.165) is 12.8 Å². The number of carbonyl (C=O) groups excluding carboxylic acids is 1. The SMILES string of the molecule is COC(=O)/C(C=NC1CC1)=C(\O)c1ccccc1OC. The number of hydrogen-bond donors (Lipinski definition) is 1. The molecule has 0 saturated heterocycles. The number of hydrogen-bond acceptors (Lipinski definition) is 5. The highest BCUT2D eigenvalue weighted by atomic mass is 16.5. The van der Waals surface area contributed by atoms with E-state index in [1.165, 1.54) is 20.4 Å². The quantitative estimate of drug-likeness (QED) is 0.388. The van der Waals surface area contributed by atoms with Crippen LogP contribution in [0.3, 0.4) is 0 Å². The summed E-state index contributed by atoms with van der Waals surface area (Å²) >= 11 is 0. The Hall–Kier alpha value is -2.30. The van der Waals surface area contributed by atoms with Crippen LogP contribution in [0.1, 0.15) is 18.4 Å². The van der Waals surface area contributed by atoms with Crippen molar-refractivity contribution in [2.75, 3.05) is 14.2 Å². The Morgan fingerprint density at radius 3 is 2.65 bits per heavy atom. The number of rotatable bonds is 5. The van der Waals surface area contributed by atoms with Gasteiger partial charge >= 0.3 is 5.97 Å². The minimum atomic E-state index is -0.627. The lowest BCUT2D eigenvalue weighted by molar-refractivity contribution is -0.135. The van der Waals surface area contributed by atoms with Gasteiger partial charge in [-0.1, -0.05) is 12.1 Å². The summed E-state index contributed by atoms with van der Waals surface area (Å²) in [5.74, 6) is -0.345. The van der Waals surface area contributed by atoms with Crippen LogP contribution in [0.25, 0.3) is 5.76 Å². The molecule has 1 aliphatic carbocycles. The predicted molar refractivity (Wildman–Crippen MR) is 76.1 cm³/mol. The minimum absolute atomic E-state index is 0.0314. The Bertz CT molecular complexity index is 559. The Balaban J connectivity index is 2.43. The molecule has 1 aromatic rings. The van der Waals surface area contributed by atoms with E-state index in [2.05, 4.69) is 4.99 Å². The van der Waals surface area contributed by atoms with Crippen molar-refractivity contribution in [3.63, 3.8) is 0 Å². The van der Waals surface area contributed by atoms with Crippen LogP contribution in [0.5, 0.6) is 5.75 Å². The van der Waals surface area contributed by atoms with Crippen molar-refractivity contribution in [1.82, 2.24) is 0 Å². The molecular weight excluding hydrogens is 258 g/mol. The van der Waals surface area contributed by atoms with E-state index in [0.29, 0.717) is 11.3 Å². The molecule has 1 aromatic carbocycles. The molecule has 0 aromatic heterocycles. The fourth-order valence-corrected chi connectivity index (χ4v) is 1.71. The first-order valence-electron chi connectivity index (χ1n) is 6.35. The Morgan fingerprint density at radius 1 is 1.35 bits per heavy atom. The van der Waals surface area contributed by atoms with Gasteiger partial charge < -0.3 is 14.6 Å². The second-order valence-electron chi connectivity index (χ2n) is 4.46. The summed E-state index contributed by atoms with van der Waals surface area (Å²) in [6, 6.07) is 7.16. The molecule has 0 atom stereocenters. The average molecular weight is 275 g/mol. The zero-order valence-corrected chi connectivity index (χ0v) is 11.5. The lowest BCUT2D eigenvalue weighted by Crippen LogP contribution is -2.10. The van der Waals surface area contributed by atoms with Crippen molar-refractivity contribution >= 4 is 17.9 Å². The molecule has 0 amide bonds. The third-order valence-electron chi connectivity index (χ3n) is 2.98. The molecule has 1 aliphatic rings. The van der Waals surface area contributed by atoms with E-state index >= 15 is 0 Å². The van der Waals surface area contributed by atoms with Crippen LogP contribution in [0.2, 0.25) is 0 Å². The van der Waals surface area contributed by atoms with Crippen LogP contribution in [0.15, 0.2) is 34.8 Å². The second-order valence-corrected chi connectivity index (χ2v) is 4.46. The molecule has 0 radical (unpaired) electrons. The molecule has 1 N–H and O–H groups in total. The summed E-state index contributed by atoms with van der Waals surface area (Å²) in [5, 5.41) is 10.3. The number of esters is 1. The first kappa shape index (κ1) is 14.1. The van der Waals surface area contributed by atoms with Crippen LogP contribution in [-0.2, 0) is 9.53 Å². The maximum Gasteiger partial charge on any atom is 0.343 e. The van der Waals surface area contributed by atoms with E-state index < -0.39 is 5.97 Å². The van der Waals surface area contributed by atoms with E-state index in [1.807, 2.05) is 0 Å². The maximum absolute atomic E-state index is 11.8. The summed E-state index contributed by atoms with van der Waals surface area (Å²) in [7, 11) is 2.77. The minimum Gasteiger partial charge on any atom is -0.506 e. The first-order valence-corrected chi connectivity index (χ1v) is 6.35. The van der Waals surface area contributed by atoms with Gasteiger partial charge in [-0.05, 0) is 25.0 Å². The average Bonchev–Trinajstić information content (AvgIpc) is 3.31. The van der Waals surface area contributed by atoms with E-state index in [9.17, 15) is 9.90 Å². The normalized spacial score (nSPS) is 15.9. The highest BCUT2D eigenvalue weighted by Crippen LogP contribution is 2.27. The number of nitrogens with zero attached hydrogens (tertiary/aromatic N) is 1. The number of para-hydroxylation sites is 1. The van der Waals surface area contributed by atoms with Crippen LogP contribution in [0, 0.1) is 0 Å². The van der Waals surface area contributed by atoms with Crippen LogP contribution in [0.4, 0.5) is 0 Å². The molecule has 0 bridgehead atoms. The number of methoxy groups -OCH3 is 2. The number of aliphatic hydroxyl groups excluding tert-OH is 1. The van der Waals surface area contributed by atoms with Gasteiger partial charge in [0.25, 0.3) is 0 Å². The molecule has 0 spiro atoms. The maximum atomic E-state index is 11.8. The highest BCUT2D eigenvalue weighted by molar-refractivity contribution is 6.15. The molecular formula is C15H17NO4. The molecule has 0 heterocycles. The van der Waals surface area contributed by atoms with Gasteiger partial charge in [0, 0.05) is 6.21 Å². The largest absolute Gasteiger partial charge is 0.506 e. The molecule has 1 fully saturated rings. The molecule has 0 aliphatic heterocycles. The number of carbonyl (C=O) groups is 1. The lowest BCUT2D eigenvalue weighted by atomic mass is 10.1. The van der Waals surface area contributed by atoms with Gasteiger partial charge in [0.05, 0.1) is 25.8 Å². The molecule has 5 heteroatoms. The smallest absolute Gasteiger partial charge is 0.343 e. The Kier molecular flexibility index (Phi) is 4.40. The van der Waals surface area contributed by atoms with Gasteiger partial charge in [0.15, 0.2) is 0 Å². The molecule has 0 unspecified atom stereocenters. The van der Waals surface area contributed by atoms with Crippen molar-refractivity contribution < 1.29 is 19.4 Å². The van der Waals surface area contributed by atoms with E-state index in [-0.39, 0.29) is 17.4 Å². The monoisotopic (exact) mass is 275 g/mol. The summed E-state index contributed by atoms with van der Waals surface area (Å²) in [5.41, 5.74) is 0.460. The zero-order valence-electron chi connectivity index (χ0n) is 11.5. The summed E-state index contributed by atoms with van der Waals surface area (Å²) in [6.45, 7) is 0. The Morgan fingerprint density at radius 2 is 2.05 bits per heavy atom. The second kappa shape index (κ2) is 6.23. The zero-order chi connectivity index (χ0) is 14.5. The van der Waals surface area contributed by atoms with E-state index in [1.54, 1.807) is 24.3 Å². The fraction of sp³-hybridized carbons (Fsp3) is 0.333. The van der Waals surface area contributed by atoms with Gasteiger partial charge in [0.1, 0.15) is 17.1 Å². The van der Waals surface area contributed by atoms with Gasteiger partial charge in [-0.15, -0.1) is 0 Å². The fourth-order valence-electron chi connectivity index (χ4n) is 1.71. The summed E-state index contributed by atoms with van der Waals surface area (Å²) < 4.78 is 9.87. The standard InChI is InChI=1S/C15H17NO4/c1-19-13-6-4-3-5-11(13)14(17)12(15(18)20-2)9-16-10-7-8-10/h3-6,9-10,17H,7-8H2,1-2H3/b14-12-,16-9?. The van der Waals surface area contributed by atoms with Crippen molar-refractivity contribution in [3.05, 3.63) is 35.4 Å². The highest BCUT2D eigenvalue weighted by Gasteiger charge is 2.22. The van der Waals surface area contributed by atoms with Gasteiger partial charge in [0.2, 0.25) is 0 Å². The molecule has 5 nitrogen and oxygen atoms in total. The van der Waals surface area contributed by atoms with E-state index in [4.69, 9.17) is 9.47 Å². The molecule has 106 valence electrons. The van der Waals surface area contributed by atoms with Crippen LogP contribution >= 0.6 is 0 Å². The number of aliphatic imine (C=N–C) groups is 1. The molecule has 2 rings (SSSR count). The van der Waals surface area contributed by atoms with Crippen LogP contribution < -0.4 is 4.74 Å². The van der Waals surface area contributed by atoms with Crippen molar-refractivity contribution in [2.45, 2.75) is 18.9 Å². The topological polar surface area (TPSA) is 68.1 Å². The van der Waals surface area contributed by atoms with Gasteiger partial charge in [-0.25, -0.2) is 4.79 Å². The first-order chi connectivity index (χ1) is 9.67. The number of aliphatic hydroxyl groups is 1. The van der Waals surface area contributed by atoms with Crippen LogP contribution in [-0.4, -0.2) is 37.6 Å². The predicted octanol–water partition coefficient (Wildman–Crippen LogP) is 2.37.